The van der Waals surface area contributed by atoms with Crippen molar-refractivity contribution in [2.45, 2.75) is 100 Å². The maximum atomic E-state index is 2.43. The molecule has 0 saturated heterocycles. The zero-order valence-corrected chi connectivity index (χ0v) is 12.7. The van der Waals surface area contributed by atoms with Gasteiger partial charge in [0.15, 0.2) is 0 Å². The van der Waals surface area contributed by atoms with E-state index in [0.717, 1.165) is 23.7 Å². The second kappa shape index (κ2) is 11.8. The lowest BCUT2D eigenvalue weighted by atomic mass is 9.74. The molecule has 19 heavy (non-hydrogen) atoms. The fourth-order valence-electron chi connectivity index (χ4n) is 3.60. The van der Waals surface area contributed by atoms with Crippen molar-refractivity contribution in [1.82, 2.24) is 0 Å². The van der Waals surface area contributed by atoms with Crippen LogP contribution in [-0.2, 0) is 0 Å². The average Bonchev–Trinajstić information content (AvgIpc) is 2.37. The summed E-state index contributed by atoms with van der Waals surface area (Å²) < 4.78 is 0. The van der Waals surface area contributed by atoms with Gasteiger partial charge in [-0.2, -0.15) is 0 Å². The molecule has 0 heteroatoms. The van der Waals surface area contributed by atoms with Gasteiger partial charge in [0, 0.05) is 0 Å². The van der Waals surface area contributed by atoms with Crippen LogP contribution in [0.3, 0.4) is 0 Å². The molecule has 0 spiro atoms. The van der Waals surface area contributed by atoms with E-state index in [1.807, 2.05) is 13.8 Å². The molecule has 0 nitrogen and oxygen atoms in total. The third-order valence-corrected chi connectivity index (χ3v) is 4.94. The molecule has 0 bridgehead atoms. The molecular formula is C19H42. The first-order valence-electron chi connectivity index (χ1n) is 8.24. The van der Waals surface area contributed by atoms with Gasteiger partial charge in [0.2, 0.25) is 0 Å². The lowest BCUT2D eigenvalue weighted by Crippen LogP contribution is -2.19. The Balaban J connectivity index is 0. The minimum atomic E-state index is 0. The molecule has 0 N–H and O–H groups in total. The summed E-state index contributed by atoms with van der Waals surface area (Å²) in [5, 5.41) is 0. The predicted octanol–water partition coefficient (Wildman–Crippen LogP) is 7.33. The lowest BCUT2D eigenvalue weighted by Gasteiger charge is -2.32. The molecule has 0 radical (unpaired) electrons. The van der Waals surface area contributed by atoms with Crippen LogP contribution < -0.4 is 0 Å². The highest BCUT2D eigenvalue weighted by molar-refractivity contribution is 4.76. The van der Waals surface area contributed by atoms with E-state index in [2.05, 4.69) is 13.8 Å². The van der Waals surface area contributed by atoms with Gasteiger partial charge in [-0.05, 0) is 30.1 Å². The maximum absolute atomic E-state index is 2.43. The predicted molar refractivity (Wildman–Crippen MR) is 91.7 cm³/mol. The standard InChI is InChI=1S/C15H28.C2H6.2CH4/c1-12-3-7-14(8-4-12)11-15-9-5-13(2)6-10-15;1-2;;/h12-15H,3-11H2,1-2H3;1-2H3;2*1H4. The van der Waals surface area contributed by atoms with Crippen molar-refractivity contribution in [2.24, 2.45) is 23.7 Å². The van der Waals surface area contributed by atoms with Gasteiger partial charge in [-0.25, -0.2) is 0 Å². The van der Waals surface area contributed by atoms with Gasteiger partial charge in [-0.15, -0.1) is 0 Å². The van der Waals surface area contributed by atoms with E-state index in [4.69, 9.17) is 0 Å². The molecule has 2 rings (SSSR count). The van der Waals surface area contributed by atoms with E-state index in [0.29, 0.717) is 0 Å². The summed E-state index contributed by atoms with van der Waals surface area (Å²) in [7, 11) is 0. The Morgan fingerprint density at radius 3 is 1.11 bits per heavy atom. The molecule has 2 aliphatic rings. The van der Waals surface area contributed by atoms with Crippen molar-refractivity contribution in [3.05, 3.63) is 0 Å². The zero-order valence-electron chi connectivity index (χ0n) is 12.7. The fraction of sp³-hybridized carbons (Fsp3) is 1.00. The summed E-state index contributed by atoms with van der Waals surface area (Å²) in [6.45, 7) is 8.86. The van der Waals surface area contributed by atoms with Crippen molar-refractivity contribution in [3.63, 3.8) is 0 Å². The minimum absolute atomic E-state index is 0. The molecule has 2 saturated carbocycles. The largest absolute Gasteiger partial charge is 0.0776 e. The van der Waals surface area contributed by atoms with Crippen LogP contribution in [0.2, 0.25) is 0 Å². The number of hydrogen-bond acceptors (Lipinski definition) is 0. The molecule has 0 aromatic rings. The fourth-order valence-corrected chi connectivity index (χ4v) is 3.60. The molecule has 0 amide bonds. The van der Waals surface area contributed by atoms with Crippen LogP contribution in [0, 0.1) is 23.7 Å². The van der Waals surface area contributed by atoms with Crippen LogP contribution in [0.4, 0.5) is 0 Å². The van der Waals surface area contributed by atoms with Crippen LogP contribution >= 0.6 is 0 Å². The summed E-state index contributed by atoms with van der Waals surface area (Å²) in [5.74, 6) is 4.24. The highest BCUT2D eigenvalue weighted by Gasteiger charge is 2.24. The van der Waals surface area contributed by atoms with Crippen molar-refractivity contribution >= 4 is 0 Å². The van der Waals surface area contributed by atoms with E-state index >= 15 is 0 Å². The van der Waals surface area contributed by atoms with Gasteiger partial charge in [-0.3, -0.25) is 0 Å². The molecule has 0 unspecified atom stereocenters. The van der Waals surface area contributed by atoms with Crippen molar-refractivity contribution in [1.29, 1.82) is 0 Å². The highest BCUT2D eigenvalue weighted by Crippen LogP contribution is 2.37. The molecule has 0 aromatic heterocycles. The molecular weight excluding hydrogens is 228 g/mol. The van der Waals surface area contributed by atoms with Crippen LogP contribution in [0.1, 0.15) is 100 Å². The molecule has 0 aliphatic heterocycles. The van der Waals surface area contributed by atoms with E-state index in [1.165, 1.54) is 51.4 Å². The van der Waals surface area contributed by atoms with Gasteiger partial charge in [-0.1, -0.05) is 93.9 Å². The third kappa shape index (κ3) is 8.00. The average molecular weight is 271 g/mol. The summed E-state index contributed by atoms with van der Waals surface area (Å²) in [6, 6.07) is 0. The summed E-state index contributed by atoms with van der Waals surface area (Å²) in [4.78, 5) is 0. The second-order valence-electron chi connectivity index (χ2n) is 6.49. The Kier molecular flexibility index (Phi) is 13.2. The van der Waals surface area contributed by atoms with E-state index in [9.17, 15) is 0 Å². The van der Waals surface area contributed by atoms with E-state index < -0.39 is 0 Å². The summed E-state index contributed by atoms with van der Waals surface area (Å²) >= 11 is 0. The molecule has 0 atom stereocenters. The lowest BCUT2D eigenvalue weighted by molar-refractivity contribution is 0.201. The quantitative estimate of drug-likeness (QED) is 0.493. The minimum Gasteiger partial charge on any atom is -0.0776 e. The Hall–Kier alpha value is 0. The molecule has 2 fully saturated rings. The normalized spacial score (nSPS) is 34.1. The Morgan fingerprint density at radius 2 is 0.842 bits per heavy atom. The Bertz CT molecular complexity index is 148. The van der Waals surface area contributed by atoms with Crippen molar-refractivity contribution in [2.75, 3.05) is 0 Å². The van der Waals surface area contributed by atoms with Gasteiger partial charge in [0.25, 0.3) is 0 Å². The van der Waals surface area contributed by atoms with Crippen molar-refractivity contribution < 1.29 is 0 Å². The summed E-state index contributed by atoms with van der Waals surface area (Å²) in [6.07, 6.45) is 13.7. The first-order chi connectivity index (χ1) is 8.24. The molecule has 118 valence electrons. The zero-order chi connectivity index (χ0) is 12.7. The summed E-state index contributed by atoms with van der Waals surface area (Å²) in [5.41, 5.74) is 0. The van der Waals surface area contributed by atoms with E-state index in [1.54, 1.807) is 6.42 Å². The monoisotopic (exact) mass is 270 g/mol. The van der Waals surface area contributed by atoms with Crippen LogP contribution in [0.15, 0.2) is 0 Å². The number of hydrogen-bond donors (Lipinski definition) is 0. The third-order valence-electron chi connectivity index (χ3n) is 4.94. The van der Waals surface area contributed by atoms with Crippen molar-refractivity contribution in [3.8, 4) is 0 Å². The van der Waals surface area contributed by atoms with Gasteiger partial charge in [0.1, 0.15) is 0 Å². The first-order valence-corrected chi connectivity index (χ1v) is 8.24. The topological polar surface area (TPSA) is 0 Å². The van der Waals surface area contributed by atoms with Gasteiger partial charge >= 0.3 is 0 Å². The van der Waals surface area contributed by atoms with Crippen LogP contribution in [-0.4, -0.2) is 0 Å². The Labute approximate surface area is 124 Å². The molecule has 2 aliphatic carbocycles. The van der Waals surface area contributed by atoms with Gasteiger partial charge in [0.05, 0.1) is 0 Å². The smallest absolute Gasteiger partial charge is 0.0411 e. The van der Waals surface area contributed by atoms with Crippen LogP contribution in [0.5, 0.6) is 0 Å². The SMILES string of the molecule is C.C.CC.CC1CCC(CC2CCC(C)CC2)CC1. The Morgan fingerprint density at radius 1 is 0.579 bits per heavy atom. The molecule has 0 aromatic carbocycles. The molecule has 0 heterocycles. The van der Waals surface area contributed by atoms with Gasteiger partial charge < -0.3 is 0 Å². The second-order valence-corrected chi connectivity index (χ2v) is 6.49. The highest BCUT2D eigenvalue weighted by atomic mass is 14.3. The maximum Gasteiger partial charge on any atom is -0.0411 e. The van der Waals surface area contributed by atoms with E-state index in [-0.39, 0.29) is 14.9 Å². The van der Waals surface area contributed by atoms with Crippen LogP contribution in [0.25, 0.3) is 0 Å². The first kappa shape index (κ1) is 21.3. The number of rotatable bonds is 2.